The molecule has 0 N–H and O–H groups in total. The average Bonchev–Trinajstić information content (AvgIpc) is 2.80. The van der Waals surface area contributed by atoms with Crippen molar-refractivity contribution in [1.29, 1.82) is 0 Å². The van der Waals surface area contributed by atoms with Crippen LogP contribution in [0.3, 0.4) is 0 Å². The largest absolute Gasteiger partial charge is 0.487 e. The van der Waals surface area contributed by atoms with E-state index < -0.39 is 0 Å². The molecule has 3 nitrogen and oxygen atoms in total. The molecule has 0 saturated carbocycles. The van der Waals surface area contributed by atoms with Crippen LogP contribution in [0.25, 0.3) is 11.0 Å². The summed E-state index contributed by atoms with van der Waals surface area (Å²) < 4.78 is 9.53. The van der Waals surface area contributed by atoms with Crippen LogP contribution < -0.4 is 4.74 Å². The molecule has 3 rings (SSSR count). The monoisotopic (exact) mass is 372 g/mol. The summed E-state index contributed by atoms with van der Waals surface area (Å²) >= 11 is 3.46. The first-order valence-electron chi connectivity index (χ1n) is 7.93. The average molecular weight is 373 g/mol. The summed E-state index contributed by atoms with van der Waals surface area (Å²) in [6.45, 7) is 8.03. The third kappa shape index (κ3) is 3.13. The number of hydrogen-bond donors (Lipinski definition) is 0. The van der Waals surface area contributed by atoms with Crippen LogP contribution in [0.15, 0.2) is 41.0 Å². The number of benzene rings is 1. The first kappa shape index (κ1) is 16.1. The first-order chi connectivity index (χ1) is 11.1. The van der Waals surface area contributed by atoms with Gasteiger partial charge in [-0.1, -0.05) is 35.0 Å². The maximum Gasteiger partial charge on any atom is 0.147 e. The molecule has 0 fully saturated rings. The Morgan fingerprint density at radius 3 is 2.57 bits per heavy atom. The van der Waals surface area contributed by atoms with Crippen LogP contribution in [-0.4, -0.2) is 9.55 Å². The van der Waals surface area contributed by atoms with E-state index in [4.69, 9.17) is 4.74 Å². The van der Waals surface area contributed by atoms with Gasteiger partial charge in [-0.2, -0.15) is 0 Å². The zero-order valence-corrected chi connectivity index (χ0v) is 15.4. The molecular formula is C19H21BrN2O. The number of aryl methyl sites for hydroxylation is 2. The molecule has 4 heteroatoms. The molecule has 3 aromatic rings. The standard InChI is InChI=1S/C19H21BrN2O/c1-4-11-22-14(3)13(2)18-19(22)17(9-10-21-18)23-12-15-5-7-16(20)8-6-15/h5-10H,4,11-12H2,1-3H3. The van der Waals surface area contributed by atoms with Gasteiger partial charge in [0.2, 0.25) is 0 Å². The van der Waals surface area contributed by atoms with Crippen molar-refractivity contribution >= 4 is 27.0 Å². The van der Waals surface area contributed by atoms with Gasteiger partial charge < -0.3 is 9.30 Å². The summed E-state index contributed by atoms with van der Waals surface area (Å²) in [5.74, 6) is 0.905. The predicted molar refractivity (Wildman–Crippen MR) is 98.0 cm³/mol. The molecule has 0 aliphatic rings. The third-order valence-electron chi connectivity index (χ3n) is 4.21. The lowest BCUT2D eigenvalue weighted by Gasteiger charge is -2.12. The van der Waals surface area contributed by atoms with E-state index in [2.05, 4.69) is 58.4 Å². The second kappa shape index (κ2) is 6.75. The molecule has 0 aliphatic heterocycles. The Kier molecular flexibility index (Phi) is 4.71. The lowest BCUT2D eigenvalue weighted by atomic mass is 10.2. The molecule has 0 aliphatic carbocycles. The molecule has 0 saturated heterocycles. The SMILES string of the molecule is CCCn1c(C)c(C)c2nccc(OCc3ccc(Br)cc3)c21. The fraction of sp³-hybridized carbons (Fsp3) is 0.316. The molecule has 2 aromatic heterocycles. The third-order valence-corrected chi connectivity index (χ3v) is 4.74. The fourth-order valence-corrected chi connectivity index (χ4v) is 3.14. The lowest BCUT2D eigenvalue weighted by Crippen LogP contribution is -2.02. The summed E-state index contributed by atoms with van der Waals surface area (Å²) in [4.78, 5) is 4.56. The van der Waals surface area contributed by atoms with Gasteiger partial charge in [0.25, 0.3) is 0 Å². The number of fused-ring (bicyclic) bond motifs is 1. The molecule has 120 valence electrons. The van der Waals surface area contributed by atoms with Gasteiger partial charge >= 0.3 is 0 Å². The van der Waals surface area contributed by atoms with Crippen LogP contribution in [-0.2, 0) is 13.2 Å². The number of nitrogens with zero attached hydrogens (tertiary/aromatic N) is 2. The van der Waals surface area contributed by atoms with Crippen molar-refractivity contribution in [3.8, 4) is 5.75 Å². The van der Waals surface area contributed by atoms with Crippen LogP contribution in [0.1, 0.15) is 30.2 Å². The predicted octanol–water partition coefficient (Wildman–Crippen LogP) is 5.40. The van der Waals surface area contributed by atoms with Gasteiger partial charge in [-0.05, 0) is 43.5 Å². The van der Waals surface area contributed by atoms with E-state index in [1.54, 1.807) is 0 Å². The Hall–Kier alpha value is -1.81. The maximum absolute atomic E-state index is 6.12. The minimum absolute atomic E-state index is 0.557. The minimum atomic E-state index is 0.557. The van der Waals surface area contributed by atoms with Crippen LogP contribution in [0.5, 0.6) is 5.75 Å². The molecular weight excluding hydrogens is 352 g/mol. The minimum Gasteiger partial charge on any atom is -0.487 e. The van der Waals surface area contributed by atoms with Crippen molar-refractivity contribution < 1.29 is 4.74 Å². The molecule has 23 heavy (non-hydrogen) atoms. The molecule has 1 aromatic carbocycles. The van der Waals surface area contributed by atoms with Gasteiger partial charge in [0, 0.05) is 29.0 Å². The highest BCUT2D eigenvalue weighted by Crippen LogP contribution is 2.31. The van der Waals surface area contributed by atoms with Gasteiger partial charge in [-0.3, -0.25) is 4.98 Å². The molecule has 0 atom stereocenters. The quantitative estimate of drug-likeness (QED) is 0.598. The number of halogens is 1. The van der Waals surface area contributed by atoms with Gasteiger partial charge in [-0.25, -0.2) is 0 Å². The number of aromatic nitrogens is 2. The van der Waals surface area contributed by atoms with E-state index in [1.807, 2.05) is 24.4 Å². The molecule has 2 heterocycles. The van der Waals surface area contributed by atoms with E-state index in [-0.39, 0.29) is 0 Å². The van der Waals surface area contributed by atoms with Crippen LogP contribution in [0.4, 0.5) is 0 Å². The van der Waals surface area contributed by atoms with Crippen molar-refractivity contribution in [1.82, 2.24) is 9.55 Å². The van der Waals surface area contributed by atoms with Gasteiger partial charge in [0.1, 0.15) is 17.9 Å². The highest BCUT2D eigenvalue weighted by molar-refractivity contribution is 9.10. The first-order valence-corrected chi connectivity index (χ1v) is 8.72. The topological polar surface area (TPSA) is 27.1 Å². The Labute approximate surface area is 145 Å². The highest BCUT2D eigenvalue weighted by atomic mass is 79.9. The smallest absolute Gasteiger partial charge is 0.147 e. The molecule has 0 bridgehead atoms. The van der Waals surface area contributed by atoms with Gasteiger partial charge in [0.05, 0.1) is 5.52 Å². The highest BCUT2D eigenvalue weighted by Gasteiger charge is 2.15. The van der Waals surface area contributed by atoms with E-state index in [1.165, 1.54) is 11.3 Å². The Morgan fingerprint density at radius 2 is 1.87 bits per heavy atom. The second-order valence-electron chi connectivity index (χ2n) is 5.78. The Balaban J connectivity index is 1.97. The van der Waals surface area contributed by atoms with E-state index in [0.29, 0.717) is 6.61 Å². The summed E-state index contributed by atoms with van der Waals surface area (Å²) in [7, 11) is 0. The van der Waals surface area contributed by atoms with Crippen LogP contribution in [0, 0.1) is 13.8 Å². The molecule has 0 amide bonds. The number of rotatable bonds is 5. The van der Waals surface area contributed by atoms with Gasteiger partial charge in [-0.15, -0.1) is 0 Å². The summed E-state index contributed by atoms with van der Waals surface area (Å²) in [5.41, 5.74) is 5.82. The Bertz CT molecular complexity index is 821. The normalized spacial score (nSPS) is 11.1. The Morgan fingerprint density at radius 1 is 1.13 bits per heavy atom. The van der Waals surface area contributed by atoms with Crippen molar-refractivity contribution in [3.05, 3.63) is 57.8 Å². The van der Waals surface area contributed by atoms with Crippen LogP contribution >= 0.6 is 15.9 Å². The number of ether oxygens (including phenoxy) is 1. The number of pyridine rings is 1. The zero-order valence-electron chi connectivity index (χ0n) is 13.8. The second-order valence-corrected chi connectivity index (χ2v) is 6.70. The summed E-state index contributed by atoms with van der Waals surface area (Å²) in [6, 6.07) is 10.2. The van der Waals surface area contributed by atoms with Crippen LogP contribution in [0.2, 0.25) is 0 Å². The molecule has 0 spiro atoms. The van der Waals surface area contributed by atoms with Crippen molar-refractivity contribution in [2.75, 3.05) is 0 Å². The molecule has 0 unspecified atom stereocenters. The van der Waals surface area contributed by atoms with E-state index in [9.17, 15) is 0 Å². The van der Waals surface area contributed by atoms with Crippen molar-refractivity contribution in [3.63, 3.8) is 0 Å². The van der Waals surface area contributed by atoms with E-state index >= 15 is 0 Å². The van der Waals surface area contributed by atoms with E-state index in [0.717, 1.165) is 39.8 Å². The fourth-order valence-electron chi connectivity index (χ4n) is 2.87. The lowest BCUT2D eigenvalue weighted by molar-refractivity contribution is 0.308. The summed E-state index contributed by atoms with van der Waals surface area (Å²) in [6.07, 6.45) is 2.92. The van der Waals surface area contributed by atoms with Crippen molar-refractivity contribution in [2.45, 2.75) is 40.3 Å². The van der Waals surface area contributed by atoms with Crippen molar-refractivity contribution in [2.24, 2.45) is 0 Å². The summed E-state index contributed by atoms with van der Waals surface area (Å²) in [5, 5.41) is 0. The zero-order chi connectivity index (χ0) is 16.4. The maximum atomic E-state index is 6.12. The number of hydrogen-bond acceptors (Lipinski definition) is 2. The van der Waals surface area contributed by atoms with Gasteiger partial charge in [0.15, 0.2) is 0 Å². The molecule has 0 radical (unpaired) electrons.